The lowest BCUT2D eigenvalue weighted by molar-refractivity contribution is -0.134. The Bertz CT molecular complexity index is 1040. The number of nitrogens with two attached hydrogens (primary N) is 1. The minimum absolute atomic E-state index is 0.0352. The summed E-state index contributed by atoms with van der Waals surface area (Å²) in [5.41, 5.74) is 10.2. The van der Waals surface area contributed by atoms with Gasteiger partial charge in [-0.15, -0.1) is 0 Å². The van der Waals surface area contributed by atoms with Crippen LogP contribution >= 0.6 is 0 Å². The lowest BCUT2D eigenvalue weighted by atomic mass is 10.1. The van der Waals surface area contributed by atoms with Crippen molar-refractivity contribution in [2.75, 3.05) is 33.0 Å². The molecule has 0 bridgehead atoms. The van der Waals surface area contributed by atoms with Crippen LogP contribution in [-0.2, 0) is 39.9 Å². The zero-order valence-electron chi connectivity index (χ0n) is 21.9. The zero-order valence-corrected chi connectivity index (χ0v) is 21.9. The number of carbonyl (C=O) groups is 6. The van der Waals surface area contributed by atoms with Crippen molar-refractivity contribution in [1.29, 1.82) is 0 Å². The van der Waals surface area contributed by atoms with Gasteiger partial charge in [0.2, 0.25) is 17.7 Å². The number of urea groups is 1. The summed E-state index contributed by atoms with van der Waals surface area (Å²) in [6.07, 6.45) is -1.90. The van der Waals surface area contributed by atoms with Crippen LogP contribution in [0.1, 0.15) is 18.9 Å². The van der Waals surface area contributed by atoms with Crippen LogP contribution in [0.15, 0.2) is 30.3 Å². The van der Waals surface area contributed by atoms with E-state index in [1.807, 2.05) is 0 Å². The molecule has 0 spiro atoms. The van der Waals surface area contributed by atoms with Gasteiger partial charge in [0.05, 0.1) is 32.3 Å². The van der Waals surface area contributed by atoms with Gasteiger partial charge in [0.15, 0.2) is 0 Å². The Balaban J connectivity index is 2.21. The monoisotopic (exact) mass is 565 g/mol. The number of amides is 7. The molecule has 7 amide bonds. The predicted molar refractivity (Wildman–Crippen MR) is 138 cm³/mol. The number of hydrogen-bond acceptors (Lipinski definition) is 9. The molecule has 1 fully saturated rings. The summed E-state index contributed by atoms with van der Waals surface area (Å²) in [5.74, 6) is -4.10. The molecule has 16 heteroatoms. The number of rotatable bonds is 5. The maximum atomic E-state index is 12.9. The van der Waals surface area contributed by atoms with Crippen LogP contribution in [0.5, 0.6) is 0 Å². The van der Waals surface area contributed by atoms with Gasteiger partial charge in [0, 0.05) is 13.0 Å². The lowest BCUT2D eigenvalue weighted by Gasteiger charge is -2.24. The van der Waals surface area contributed by atoms with E-state index in [-0.39, 0.29) is 39.4 Å². The van der Waals surface area contributed by atoms with Gasteiger partial charge in [0.25, 0.3) is 11.8 Å². The quantitative estimate of drug-likeness (QED) is 0.175. The van der Waals surface area contributed by atoms with Crippen LogP contribution in [0.25, 0.3) is 0 Å². The molecule has 1 saturated heterocycles. The summed E-state index contributed by atoms with van der Waals surface area (Å²) < 4.78 is 10.6. The van der Waals surface area contributed by atoms with E-state index in [4.69, 9.17) is 15.2 Å². The van der Waals surface area contributed by atoms with Crippen LogP contribution in [0.4, 0.5) is 4.79 Å². The highest BCUT2D eigenvalue weighted by Crippen LogP contribution is 2.04. The van der Waals surface area contributed by atoms with Crippen LogP contribution in [-0.4, -0.2) is 97.9 Å². The third-order valence-corrected chi connectivity index (χ3v) is 5.47. The molecule has 0 aromatic heterocycles. The smallest absolute Gasteiger partial charge is 0.316 e. The molecular weight excluding hydrogens is 530 g/mol. The third kappa shape index (κ3) is 11.6. The van der Waals surface area contributed by atoms with Crippen LogP contribution < -0.4 is 37.9 Å². The Morgan fingerprint density at radius 1 is 0.925 bits per heavy atom. The van der Waals surface area contributed by atoms with Crippen molar-refractivity contribution < 1.29 is 43.3 Å². The van der Waals surface area contributed by atoms with Crippen molar-refractivity contribution in [3.8, 4) is 0 Å². The molecule has 1 aromatic rings. The molecule has 2 rings (SSSR count). The normalized spacial score (nSPS) is 23.6. The molecule has 220 valence electrons. The van der Waals surface area contributed by atoms with E-state index in [0.717, 1.165) is 5.56 Å². The maximum absolute atomic E-state index is 12.9. The summed E-state index contributed by atoms with van der Waals surface area (Å²) >= 11 is 0. The minimum atomic E-state index is -1.56. The number of benzene rings is 1. The summed E-state index contributed by atoms with van der Waals surface area (Å²) in [7, 11) is 0. The highest BCUT2D eigenvalue weighted by molar-refractivity contribution is 5.95. The van der Waals surface area contributed by atoms with Crippen molar-refractivity contribution in [1.82, 2.24) is 32.1 Å². The largest absolute Gasteiger partial charge is 0.391 e. The SMILES string of the molecule is CC(O)C1NC(=O)N[C@@H](CC(N)=O)C(=O)NNC(=O)[C@H](Cc2ccccc2)NC(=O)COCCOCCNC1=O. The first-order valence-electron chi connectivity index (χ1n) is 12.5. The van der Waals surface area contributed by atoms with Gasteiger partial charge in [0.1, 0.15) is 24.7 Å². The zero-order chi connectivity index (χ0) is 29.5. The van der Waals surface area contributed by atoms with E-state index in [9.17, 15) is 33.9 Å². The number of hydrazine groups is 1. The number of aliphatic hydroxyl groups excluding tert-OH is 1. The number of carbonyl (C=O) groups excluding carboxylic acids is 6. The fraction of sp³-hybridized carbons (Fsp3) is 0.500. The Hall–Kier alpha value is -4.28. The molecule has 1 aromatic carbocycles. The molecule has 2 unspecified atom stereocenters. The molecule has 4 atom stereocenters. The van der Waals surface area contributed by atoms with Crippen LogP contribution in [0.2, 0.25) is 0 Å². The average Bonchev–Trinajstić information content (AvgIpc) is 2.90. The average molecular weight is 566 g/mol. The topological polar surface area (TPSA) is 239 Å². The van der Waals surface area contributed by atoms with Crippen molar-refractivity contribution in [2.24, 2.45) is 5.73 Å². The fourth-order valence-electron chi connectivity index (χ4n) is 3.49. The molecule has 1 aliphatic rings. The molecule has 16 nitrogen and oxygen atoms in total. The van der Waals surface area contributed by atoms with Crippen molar-refractivity contribution in [3.05, 3.63) is 35.9 Å². The second-order valence-corrected chi connectivity index (χ2v) is 8.80. The predicted octanol–water partition coefficient (Wildman–Crippen LogP) is -3.68. The van der Waals surface area contributed by atoms with Crippen molar-refractivity contribution >= 4 is 35.6 Å². The summed E-state index contributed by atoms with van der Waals surface area (Å²) in [4.78, 5) is 74.6. The Kier molecular flexibility index (Phi) is 13.3. The first-order valence-corrected chi connectivity index (χ1v) is 12.5. The summed E-state index contributed by atoms with van der Waals surface area (Å²) in [6, 6.07) is 3.62. The number of nitrogens with one attached hydrogen (secondary N) is 6. The molecule has 0 aliphatic carbocycles. The van der Waals surface area contributed by atoms with Crippen molar-refractivity contribution in [3.63, 3.8) is 0 Å². The number of ether oxygens (including phenoxy) is 2. The molecule has 9 N–H and O–H groups in total. The van der Waals surface area contributed by atoms with Gasteiger partial charge in [-0.2, -0.15) is 0 Å². The standard InChI is InChI=1S/C24H35N7O9/c1-14(32)20-23(37)26-7-8-39-9-10-40-13-19(34)27-16(11-15-5-3-2-4-6-15)21(35)30-31-22(36)17(12-18(25)33)28-24(38)29-20/h2-6,14,16-17,20,32H,7-13H2,1H3,(H2,25,33)(H,26,37)(H,27,34)(H,30,35)(H,31,36)(H2,28,29,38)/t14?,16-,17-,20?/m0/s1. The first-order chi connectivity index (χ1) is 19.1. The number of hydrogen-bond donors (Lipinski definition) is 8. The second-order valence-electron chi connectivity index (χ2n) is 8.80. The van der Waals surface area contributed by atoms with Gasteiger partial charge < -0.3 is 41.6 Å². The summed E-state index contributed by atoms with van der Waals surface area (Å²) in [6.45, 7) is 1.15. The van der Waals surface area contributed by atoms with Gasteiger partial charge in [-0.1, -0.05) is 30.3 Å². The van der Waals surface area contributed by atoms with E-state index in [0.29, 0.717) is 0 Å². The Morgan fingerprint density at radius 3 is 2.23 bits per heavy atom. The highest BCUT2D eigenvalue weighted by atomic mass is 16.5. The van der Waals surface area contributed by atoms with E-state index >= 15 is 0 Å². The van der Waals surface area contributed by atoms with Crippen molar-refractivity contribution in [2.45, 2.75) is 44.0 Å². The van der Waals surface area contributed by atoms with Crippen LogP contribution in [0.3, 0.4) is 0 Å². The third-order valence-electron chi connectivity index (χ3n) is 5.47. The molecular formula is C24H35N7O9. The van der Waals surface area contributed by atoms with E-state index < -0.39 is 66.2 Å². The lowest BCUT2D eigenvalue weighted by Crippen LogP contribution is -2.60. The maximum Gasteiger partial charge on any atom is 0.316 e. The van der Waals surface area contributed by atoms with E-state index in [1.165, 1.54) is 6.92 Å². The molecule has 1 heterocycles. The molecule has 40 heavy (non-hydrogen) atoms. The minimum Gasteiger partial charge on any atom is -0.391 e. The van der Waals surface area contributed by atoms with E-state index in [1.54, 1.807) is 30.3 Å². The molecule has 0 radical (unpaired) electrons. The highest BCUT2D eigenvalue weighted by Gasteiger charge is 2.29. The van der Waals surface area contributed by atoms with Gasteiger partial charge in [-0.05, 0) is 12.5 Å². The van der Waals surface area contributed by atoms with Gasteiger partial charge in [-0.3, -0.25) is 34.8 Å². The number of primary amides is 1. The number of aliphatic hydroxyl groups is 1. The molecule has 1 aliphatic heterocycles. The Labute approximate surface area is 230 Å². The Morgan fingerprint density at radius 2 is 1.57 bits per heavy atom. The summed E-state index contributed by atoms with van der Waals surface area (Å²) in [5, 5.41) is 19.4. The second kappa shape index (κ2) is 16.6. The van der Waals surface area contributed by atoms with Gasteiger partial charge >= 0.3 is 6.03 Å². The van der Waals surface area contributed by atoms with Crippen LogP contribution in [0, 0.1) is 0 Å². The molecule has 0 saturated carbocycles. The first kappa shape index (κ1) is 31.9. The van der Waals surface area contributed by atoms with E-state index in [2.05, 4.69) is 32.1 Å². The van der Waals surface area contributed by atoms with Gasteiger partial charge in [-0.25, -0.2) is 4.79 Å². The fourth-order valence-corrected chi connectivity index (χ4v) is 3.49.